The summed E-state index contributed by atoms with van der Waals surface area (Å²) in [4.78, 5) is 13.6. The second-order valence-electron chi connectivity index (χ2n) is 5.70. The molecular weight excluding hydrogens is 417 g/mol. The maximum atomic E-state index is 12.5. The fraction of sp³-hybridized carbons (Fsp3) is 0.312. The number of ether oxygens (including phenoxy) is 1. The number of alkyl halides is 3. The Labute approximate surface area is 164 Å². The Hall–Kier alpha value is -2.93. The van der Waals surface area contributed by atoms with Gasteiger partial charge in [0.05, 0.1) is 22.5 Å². The molecule has 29 heavy (non-hydrogen) atoms. The van der Waals surface area contributed by atoms with E-state index in [1.807, 2.05) is 0 Å². The molecular formula is C16H17F3N4O5S. The molecule has 0 aliphatic heterocycles. The van der Waals surface area contributed by atoms with Gasteiger partial charge in [-0.1, -0.05) is 0 Å². The summed E-state index contributed by atoms with van der Waals surface area (Å²) in [6.45, 7) is 0.236. The fourth-order valence-electron chi connectivity index (χ4n) is 2.24. The van der Waals surface area contributed by atoms with Crippen molar-refractivity contribution in [2.75, 3.05) is 25.5 Å². The Bertz CT molecular complexity index is 966. The number of pyridine rings is 1. The molecule has 0 saturated carbocycles. The average Bonchev–Trinajstić information content (AvgIpc) is 2.66. The molecule has 1 aromatic heterocycles. The predicted octanol–water partition coefficient (Wildman–Crippen LogP) is 2.80. The molecule has 0 atom stereocenters. The van der Waals surface area contributed by atoms with Crippen LogP contribution < -0.4 is 14.8 Å². The minimum absolute atomic E-state index is 0.00417. The number of nitro groups is 1. The molecule has 1 aromatic carbocycles. The van der Waals surface area contributed by atoms with Gasteiger partial charge in [-0.05, 0) is 30.7 Å². The Balaban J connectivity index is 1.88. The van der Waals surface area contributed by atoms with Gasteiger partial charge in [0.1, 0.15) is 5.82 Å². The highest BCUT2D eigenvalue weighted by Crippen LogP contribution is 2.30. The van der Waals surface area contributed by atoms with Gasteiger partial charge < -0.3 is 10.1 Å². The van der Waals surface area contributed by atoms with Gasteiger partial charge in [-0.15, -0.1) is 0 Å². The second kappa shape index (κ2) is 9.05. The van der Waals surface area contributed by atoms with Gasteiger partial charge >= 0.3 is 11.9 Å². The zero-order valence-electron chi connectivity index (χ0n) is 15.1. The molecule has 9 nitrogen and oxygen atoms in total. The van der Waals surface area contributed by atoms with E-state index in [-0.39, 0.29) is 29.6 Å². The number of hydrogen-bond acceptors (Lipinski definition) is 7. The number of anilines is 1. The lowest BCUT2D eigenvalue weighted by Crippen LogP contribution is -2.26. The fourth-order valence-corrected chi connectivity index (χ4v) is 3.33. The van der Waals surface area contributed by atoms with Crippen LogP contribution in [0.5, 0.6) is 5.75 Å². The first-order valence-corrected chi connectivity index (χ1v) is 9.62. The zero-order valence-corrected chi connectivity index (χ0v) is 15.9. The molecule has 0 saturated heterocycles. The highest BCUT2D eigenvalue weighted by Gasteiger charge is 2.30. The first kappa shape index (κ1) is 22.4. The van der Waals surface area contributed by atoms with Gasteiger partial charge in [0.25, 0.3) is 0 Å². The normalized spacial score (nSPS) is 11.9. The summed E-state index contributed by atoms with van der Waals surface area (Å²) in [5.74, 6) is 0.147. The van der Waals surface area contributed by atoms with Crippen molar-refractivity contribution < 1.29 is 31.2 Å². The zero-order chi connectivity index (χ0) is 21.7. The van der Waals surface area contributed by atoms with Crippen LogP contribution in [-0.4, -0.2) is 38.5 Å². The van der Waals surface area contributed by atoms with Crippen molar-refractivity contribution in [1.82, 2.24) is 9.71 Å². The van der Waals surface area contributed by atoms with Gasteiger partial charge in [0, 0.05) is 25.4 Å². The lowest BCUT2D eigenvalue weighted by Gasteiger charge is -2.10. The number of rotatable bonds is 9. The van der Waals surface area contributed by atoms with E-state index in [0.29, 0.717) is 12.6 Å². The van der Waals surface area contributed by atoms with Crippen LogP contribution in [0, 0.1) is 10.1 Å². The number of halogens is 3. The average molecular weight is 434 g/mol. The number of aromatic nitrogens is 1. The molecule has 0 fully saturated rings. The Kier molecular flexibility index (Phi) is 6.97. The topological polar surface area (TPSA) is 123 Å². The molecule has 0 spiro atoms. The highest BCUT2D eigenvalue weighted by atomic mass is 32.2. The molecule has 13 heteroatoms. The number of methoxy groups -OCH3 is 1. The molecule has 158 valence electrons. The molecule has 2 aromatic rings. The Morgan fingerprint density at radius 2 is 1.93 bits per heavy atom. The largest absolute Gasteiger partial charge is 0.490 e. The summed E-state index contributed by atoms with van der Waals surface area (Å²) in [5.41, 5.74) is -1.35. The monoisotopic (exact) mass is 434 g/mol. The highest BCUT2D eigenvalue weighted by molar-refractivity contribution is 7.89. The van der Waals surface area contributed by atoms with Crippen LogP contribution in [-0.2, 0) is 16.2 Å². The van der Waals surface area contributed by atoms with Crippen LogP contribution in [0.4, 0.5) is 24.7 Å². The third-order valence-corrected chi connectivity index (χ3v) is 5.16. The van der Waals surface area contributed by atoms with Gasteiger partial charge in [0.15, 0.2) is 5.75 Å². The summed E-state index contributed by atoms with van der Waals surface area (Å²) in [5, 5.41) is 13.8. The molecule has 0 radical (unpaired) electrons. The van der Waals surface area contributed by atoms with Gasteiger partial charge in [-0.3, -0.25) is 10.1 Å². The maximum absolute atomic E-state index is 12.5. The number of hydrogen-bond donors (Lipinski definition) is 2. The summed E-state index contributed by atoms with van der Waals surface area (Å²) in [7, 11) is -2.76. The van der Waals surface area contributed by atoms with Crippen LogP contribution >= 0.6 is 0 Å². The van der Waals surface area contributed by atoms with E-state index in [2.05, 4.69) is 15.0 Å². The summed E-state index contributed by atoms with van der Waals surface area (Å²) in [6.07, 6.45) is -3.48. The molecule has 0 aliphatic rings. The molecule has 2 N–H and O–H groups in total. The summed E-state index contributed by atoms with van der Waals surface area (Å²) >= 11 is 0. The van der Waals surface area contributed by atoms with Crippen LogP contribution in [0.3, 0.4) is 0 Å². The maximum Gasteiger partial charge on any atom is 0.417 e. The van der Waals surface area contributed by atoms with Crippen LogP contribution in [0.1, 0.15) is 12.0 Å². The Morgan fingerprint density at radius 1 is 1.21 bits per heavy atom. The van der Waals surface area contributed by atoms with Gasteiger partial charge in [-0.2, -0.15) is 13.2 Å². The van der Waals surface area contributed by atoms with Gasteiger partial charge in [-0.25, -0.2) is 18.1 Å². The van der Waals surface area contributed by atoms with Crippen LogP contribution in [0.25, 0.3) is 0 Å². The van der Waals surface area contributed by atoms with Crippen molar-refractivity contribution in [3.63, 3.8) is 0 Å². The number of nitrogens with zero attached hydrogens (tertiary/aromatic N) is 2. The first-order valence-electron chi connectivity index (χ1n) is 8.14. The van der Waals surface area contributed by atoms with E-state index in [9.17, 15) is 31.7 Å². The van der Waals surface area contributed by atoms with Gasteiger partial charge in [0.2, 0.25) is 10.0 Å². The first-order chi connectivity index (χ1) is 13.5. The number of nitro benzene ring substituents is 1. The standard InChI is InChI=1S/C16H17F3N4O5S/c1-28-14-5-4-12(9-13(14)23(24)25)29(26,27)22-8-2-7-20-15-6-3-11(10-21-15)16(17,18)19/h3-6,9-10,22H,2,7-8H2,1H3,(H,20,21). The minimum Gasteiger partial charge on any atom is -0.490 e. The van der Waals surface area contributed by atoms with E-state index in [1.54, 1.807) is 0 Å². The lowest BCUT2D eigenvalue weighted by molar-refractivity contribution is -0.386. The summed E-state index contributed by atoms with van der Waals surface area (Å²) in [6, 6.07) is 5.31. The SMILES string of the molecule is COc1ccc(S(=O)(=O)NCCCNc2ccc(C(F)(F)F)cn2)cc1[N+](=O)[O-]. The van der Waals surface area contributed by atoms with E-state index < -0.39 is 32.4 Å². The summed E-state index contributed by atoms with van der Waals surface area (Å²) < 4.78 is 69.0. The second-order valence-corrected chi connectivity index (χ2v) is 7.47. The van der Waals surface area contributed by atoms with Crippen molar-refractivity contribution >= 4 is 21.5 Å². The molecule has 0 bridgehead atoms. The van der Waals surface area contributed by atoms with E-state index >= 15 is 0 Å². The van der Waals surface area contributed by atoms with E-state index in [0.717, 1.165) is 12.1 Å². The minimum atomic E-state index is -4.47. The van der Waals surface area contributed by atoms with Crippen molar-refractivity contribution in [3.8, 4) is 5.75 Å². The van der Waals surface area contributed by atoms with E-state index in [4.69, 9.17) is 4.74 Å². The lowest BCUT2D eigenvalue weighted by atomic mass is 10.3. The third kappa shape index (κ3) is 6.02. The molecule has 1 heterocycles. The smallest absolute Gasteiger partial charge is 0.417 e. The van der Waals surface area contributed by atoms with Crippen molar-refractivity contribution in [3.05, 3.63) is 52.2 Å². The molecule has 0 unspecified atom stereocenters. The third-order valence-electron chi connectivity index (χ3n) is 3.70. The van der Waals surface area contributed by atoms with Crippen LogP contribution in [0.2, 0.25) is 0 Å². The van der Waals surface area contributed by atoms with Crippen LogP contribution in [0.15, 0.2) is 41.4 Å². The predicted molar refractivity (Wildman–Crippen MR) is 97.2 cm³/mol. The Morgan fingerprint density at radius 3 is 2.48 bits per heavy atom. The van der Waals surface area contributed by atoms with Crippen molar-refractivity contribution in [2.24, 2.45) is 0 Å². The van der Waals surface area contributed by atoms with Crippen molar-refractivity contribution in [1.29, 1.82) is 0 Å². The van der Waals surface area contributed by atoms with Crippen molar-refractivity contribution in [2.45, 2.75) is 17.5 Å². The number of nitrogens with one attached hydrogen (secondary N) is 2. The number of sulfonamides is 1. The molecule has 2 rings (SSSR count). The molecule has 0 aliphatic carbocycles. The molecule has 0 amide bonds. The number of benzene rings is 1. The quantitative estimate of drug-likeness (QED) is 0.353. The van der Waals surface area contributed by atoms with E-state index in [1.165, 1.54) is 25.3 Å².